The van der Waals surface area contributed by atoms with Crippen molar-refractivity contribution in [3.63, 3.8) is 0 Å². The van der Waals surface area contributed by atoms with Crippen LogP contribution in [-0.4, -0.2) is 0 Å². The molecule has 0 atom stereocenters. The smallest absolute Gasteiger partial charge is 0.0950 e. The summed E-state index contributed by atoms with van der Waals surface area (Å²) >= 11 is 0. The lowest BCUT2D eigenvalue weighted by Crippen LogP contribution is -1.94. The van der Waals surface area contributed by atoms with Crippen molar-refractivity contribution in [2.45, 2.75) is 26.7 Å². The second-order valence-electron chi connectivity index (χ2n) is 5.11. The van der Waals surface area contributed by atoms with E-state index in [1.165, 1.54) is 0 Å². The number of nitrogens with zero attached hydrogens (tertiary/aromatic N) is 1. The molecule has 0 saturated heterocycles. The van der Waals surface area contributed by atoms with Gasteiger partial charge in [-0.15, -0.1) is 0 Å². The van der Waals surface area contributed by atoms with Crippen LogP contribution in [0.2, 0.25) is 0 Å². The van der Waals surface area contributed by atoms with E-state index in [1.807, 2.05) is 43.3 Å². The van der Waals surface area contributed by atoms with Crippen molar-refractivity contribution in [2.75, 3.05) is 0 Å². The quantitative estimate of drug-likeness (QED) is 0.383. The zero-order chi connectivity index (χ0) is 15.8. The van der Waals surface area contributed by atoms with Crippen molar-refractivity contribution < 1.29 is 0 Å². The minimum absolute atomic E-state index is 0.763. The second-order valence-corrected chi connectivity index (χ2v) is 5.11. The summed E-state index contributed by atoms with van der Waals surface area (Å²) in [5, 5.41) is 9.45. The third-order valence-electron chi connectivity index (χ3n) is 3.73. The highest BCUT2D eigenvalue weighted by Crippen LogP contribution is 2.31. The van der Waals surface area contributed by atoms with Crippen LogP contribution >= 0.6 is 0 Å². The first-order valence-corrected chi connectivity index (χ1v) is 7.74. The third-order valence-corrected chi connectivity index (χ3v) is 3.73. The molecule has 0 aromatic heterocycles. The summed E-state index contributed by atoms with van der Waals surface area (Å²) in [6, 6.07) is 23.0. The summed E-state index contributed by atoms with van der Waals surface area (Å²) in [6.07, 6.45) is 3.80. The normalized spacial score (nSPS) is 12.5. The first-order valence-electron chi connectivity index (χ1n) is 7.74. The lowest BCUT2D eigenvalue weighted by atomic mass is 9.90. The van der Waals surface area contributed by atoms with E-state index < -0.39 is 0 Å². The van der Waals surface area contributed by atoms with E-state index in [1.54, 1.807) is 0 Å². The predicted octanol–water partition coefficient (Wildman–Crippen LogP) is 5.87. The molecule has 1 heteroatoms. The molecule has 0 unspecified atom stereocenters. The van der Waals surface area contributed by atoms with Gasteiger partial charge in [0.2, 0.25) is 0 Å². The van der Waals surface area contributed by atoms with Gasteiger partial charge < -0.3 is 0 Å². The standard InChI is InChI=1S/C21H21N/c1-3-18(16-22)20(4-2)21(19-13-9-6-10-14-19)15-17-11-7-5-8-12-17/h5-15H,3-4H2,1-2H3/b20-18-,21-15+. The predicted molar refractivity (Wildman–Crippen MR) is 94.0 cm³/mol. The van der Waals surface area contributed by atoms with Crippen molar-refractivity contribution >= 4 is 11.6 Å². The Kier molecular flexibility index (Phi) is 5.74. The summed E-state index contributed by atoms with van der Waals surface area (Å²) in [6.45, 7) is 4.16. The number of benzene rings is 2. The van der Waals surface area contributed by atoms with Gasteiger partial charge in [-0.1, -0.05) is 74.5 Å². The first kappa shape index (κ1) is 15.8. The molecule has 110 valence electrons. The highest BCUT2D eigenvalue weighted by Gasteiger charge is 2.11. The summed E-state index contributed by atoms with van der Waals surface area (Å²) in [5.41, 5.74) is 5.46. The van der Waals surface area contributed by atoms with Crippen LogP contribution in [0.25, 0.3) is 11.6 Å². The SMILES string of the molecule is CC/C(C#N)=C(CC)/C(=C/c1ccccc1)c1ccccc1. The van der Waals surface area contributed by atoms with Gasteiger partial charge in [-0.25, -0.2) is 0 Å². The maximum Gasteiger partial charge on any atom is 0.0950 e. The molecule has 0 fully saturated rings. The Bertz CT molecular complexity index is 701. The Balaban J connectivity index is 2.64. The number of rotatable bonds is 5. The molecule has 1 nitrogen and oxygen atoms in total. The van der Waals surface area contributed by atoms with Crippen LogP contribution in [0, 0.1) is 11.3 Å². The van der Waals surface area contributed by atoms with Crippen molar-refractivity contribution in [3.05, 3.63) is 82.9 Å². The van der Waals surface area contributed by atoms with Crippen molar-refractivity contribution in [2.24, 2.45) is 0 Å². The average molecular weight is 287 g/mol. The van der Waals surface area contributed by atoms with E-state index in [2.05, 4.69) is 43.3 Å². The first-order chi connectivity index (χ1) is 10.8. The molecule has 22 heavy (non-hydrogen) atoms. The molecular weight excluding hydrogens is 266 g/mol. The fourth-order valence-corrected chi connectivity index (χ4v) is 2.60. The van der Waals surface area contributed by atoms with Gasteiger partial charge in [0.1, 0.15) is 0 Å². The summed E-state index contributed by atoms with van der Waals surface area (Å²) in [7, 11) is 0. The Hall–Kier alpha value is -2.59. The van der Waals surface area contributed by atoms with Gasteiger partial charge in [-0.05, 0) is 41.2 Å². The van der Waals surface area contributed by atoms with Crippen molar-refractivity contribution in [1.82, 2.24) is 0 Å². The maximum absolute atomic E-state index is 9.45. The lowest BCUT2D eigenvalue weighted by Gasteiger charge is -2.14. The summed E-state index contributed by atoms with van der Waals surface area (Å²) in [4.78, 5) is 0. The van der Waals surface area contributed by atoms with Gasteiger partial charge in [0, 0.05) is 5.57 Å². The molecule has 0 aliphatic rings. The van der Waals surface area contributed by atoms with Crippen molar-refractivity contribution in [1.29, 1.82) is 5.26 Å². The molecule has 0 amide bonds. The van der Waals surface area contributed by atoms with E-state index in [9.17, 15) is 5.26 Å². The van der Waals surface area contributed by atoms with Gasteiger partial charge >= 0.3 is 0 Å². The molecule has 0 bridgehead atoms. The van der Waals surface area contributed by atoms with Crippen LogP contribution in [-0.2, 0) is 0 Å². The highest BCUT2D eigenvalue weighted by molar-refractivity contribution is 5.91. The van der Waals surface area contributed by atoms with E-state index in [-0.39, 0.29) is 0 Å². The van der Waals surface area contributed by atoms with Crippen LogP contribution in [0.5, 0.6) is 0 Å². The van der Waals surface area contributed by atoms with E-state index in [0.717, 1.165) is 40.7 Å². The average Bonchev–Trinajstić information content (AvgIpc) is 2.59. The largest absolute Gasteiger partial charge is 0.193 e. The van der Waals surface area contributed by atoms with Crippen LogP contribution in [0.15, 0.2) is 71.8 Å². The Morgan fingerprint density at radius 2 is 1.50 bits per heavy atom. The monoisotopic (exact) mass is 287 g/mol. The van der Waals surface area contributed by atoms with Gasteiger partial charge in [0.05, 0.1) is 6.07 Å². The van der Waals surface area contributed by atoms with Gasteiger partial charge in [0.15, 0.2) is 0 Å². The van der Waals surface area contributed by atoms with Crippen LogP contribution in [0.1, 0.15) is 37.8 Å². The number of hydrogen-bond acceptors (Lipinski definition) is 1. The number of nitriles is 1. The fraction of sp³-hybridized carbons (Fsp3) is 0.190. The fourth-order valence-electron chi connectivity index (χ4n) is 2.60. The molecular formula is C21H21N. The Morgan fingerprint density at radius 1 is 0.909 bits per heavy atom. The topological polar surface area (TPSA) is 23.8 Å². The molecule has 0 aliphatic heterocycles. The molecule has 2 aromatic rings. The molecule has 2 aromatic carbocycles. The van der Waals surface area contributed by atoms with Crippen LogP contribution in [0.3, 0.4) is 0 Å². The third kappa shape index (κ3) is 3.74. The molecule has 0 spiro atoms. The van der Waals surface area contributed by atoms with E-state index >= 15 is 0 Å². The number of allylic oxidation sites excluding steroid dienone is 3. The van der Waals surface area contributed by atoms with E-state index in [4.69, 9.17) is 0 Å². The second kappa shape index (κ2) is 8.00. The number of hydrogen-bond donors (Lipinski definition) is 0. The van der Waals surface area contributed by atoms with E-state index in [0.29, 0.717) is 0 Å². The van der Waals surface area contributed by atoms with Crippen LogP contribution in [0.4, 0.5) is 0 Å². The molecule has 0 radical (unpaired) electrons. The van der Waals surface area contributed by atoms with Crippen LogP contribution < -0.4 is 0 Å². The zero-order valence-corrected chi connectivity index (χ0v) is 13.2. The van der Waals surface area contributed by atoms with Gasteiger partial charge in [0.25, 0.3) is 0 Å². The molecule has 0 saturated carbocycles. The molecule has 0 heterocycles. The summed E-state index contributed by atoms with van der Waals surface area (Å²) < 4.78 is 0. The highest BCUT2D eigenvalue weighted by atomic mass is 14.3. The molecule has 0 aliphatic carbocycles. The minimum Gasteiger partial charge on any atom is -0.193 e. The minimum atomic E-state index is 0.763. The Morgan fingerprint density at radius 3 is 2.00 bits per heavy atom. The maximum atomic E-state index is 9.45. The molecule has 2 rings (SSSR count). The molecule has 0 N–H and O–H groups in total. The lowest BCUT2D eigenvalue weighted by molar-refractivity contribution is 1.06. The van der Waals surface area contributed by atoms with Gasteiger partial charge in [-0.2, -0.15) is 5.26 Å². The van der Waals surface area contributed by atoms with Gasteiger partial charge in [-0.3, -0.25) is 0 Å². The zero-order valence-electron chi connectivity index (χ0n) is 13.2. The van der Waals surface area contributed by atoms with Crippen molar-refractivity contribution in [3.8, 4) is 6.07 Å². The summed E-state index contributed by atoms with van der Waals surface area (Å²) in [5.74, 6) is 0. The Labute approximate surface area is 133 Å².